The second kappa shape index (κ2) is 6.96. The molecule has 0 saturated heterocycles. The highest BCUT2D eigenvalue weighted by atomic mass is 32.1. The van der Waals surface area contributed by atoms with Crippen LogP contribution in [0.1, 0.15) is 5.56 Å². The van der Waals surface area contributed by atoms with Gasteiger partial charge in [0.1, 0.15) is 0 Å². The fraction of sp³-hybridized carbons (Fsp3) is 0. The number of hydrogen-bond acceptors (Lipinski definition) is 6. The Morgan fingerprint density at radius 2 is 2.15 bits per heavy atom. The molecule has 0 saturated carbocycles. The molecule has 0 aliphatic heterocycles. The Morgan fingerprint density at radius 1 is 1.35 bits per heavy atom. The largest absolute Gasteiger partial charge is 0.493 e. The quantitative estimate of drug-likeness (QED) is 0.275. The summed E-state index contributed by atoms with van der Waals surface area (Å²) in [7, 11) is 0. The summed E-state index contributed by atoms with van der Waals surface area (Å²) in [5.41, 5.74) is 1.39. The molecule has 1 aromatic heterocycles. The van der Waals surface area contributed by atoms with E-state index in [1.807, 2.05) is 6.07 Å². The lowest BCUT2D eigenvalue weighted by Crippen LogP contribution is -2.04. The molecule has 128 valence electrons. The van der Waals surface area contributed by atoms with Crippen molar-refractivity contribution in [1.29, 1.82) is 5.26 Å². The third-order valence-corrected chi connectivity index (χ3v) is 3.61. The first-order valence-electron chi connectivity index (χ1n) is 7.20. The van der Waals surface area contributed by atoms with Gasteiger partial charge < -0.3 is 15.4 Å². The molecule has 0 aliphatic carbocycles. The maximum atomic E-state index is 10.9. The molecular formula is C16H10N6O3S. The molecule has 2 aromatic carbocycles. The smallest absolute Gasteiger partial charge is 0.270 e. The fourth-order valence-corrected chi connectivity index (χ4v) is 2.44. The number of nitrogens with zero attached hydrogens (tertiary/aromatic N) is 4. The molecule has 9 nitrogen and oxygen atoms in total. The monoisotopic (exact) mass is 366 g/mol. The van der Waals surface area contributed by atoms with Gasteiger partial charge in [0.2, 0.25) is 11.0 Å². The Labute approximate surface area is 151 Å². The van der Waals surface area contributed by atoms with Gasteiger partial charge in [0.15, 0.2) is 5.69 Å². The van der Waals surface area contributed by atoms with Crippen LogP contribution in [-0.4, -0.2) is 20.1 Å². The number of anilines is 1. The number of nitro benzene ring substituents is 1. The molecule has 3 aromatic rings. The van der Waals surface area contributed by atoms with Crippen LogP contribution in [0.4, 0.5) is 17.1 Å². The normalized spacial score (nSPS) is 10.7. The van der Waals surface area contributed by atoms with E-state index in [0.717, 1.165) is 0 Å². The van der Waals surface area contributed by atoms with Crippen molar-refractivity contribution in [3.8, 4) is 11.9 Å². The van der Waals surface area contributed by atoms with Gasteiger partial charge in [-0.15, -0.1) is 10.2 Å². The van der Waals surface area contributed by atoms with Crippen LogP contribution in [0.3, 0.4) is 0 Å². The van der Waals surface area contributed by atoms with Gasteiger partial charge in [0, 0.05) is 23.2 Å². The first kappa shape index (κ1) is 17.0. The minimum atomic E-state index is -0.543. The van der Waals surface area contributed by atoms with E-state index in [1.165, 1.54) is 18.2 Å². The van der Waals surface area contributed by atoms with Gasteiger partial charge in [0.05, 0.1) is 22.1 Å². The number of thiocarbonyl (C=S) groups is 1. The van der Waals surface area contributed by atoms with Gasteiger partial charge in [-0.1, -0.05) is 6.07 Å². The third-order valence-electron chi connectivity index (χ3n) is 3.43. The maximum absolute atomic E-state index is 10.9. The van der Waals surface area contributed by atoms with Crippen molar-refractivity contribution < 1.29 is 10.0 Å². The lowest BCUT2D eigenvalue weighted by molar-refractivity contribution is -0.384. The molecule has 0 amide bonds. The van der Waals surface area contributed by atoms with Gasteiger partial charge in [-0.2, -0.15) is 5.26 Å². The van der Waals surface area contributed by atoms with Gasteiger partial charge in [-0.25, -0.2) is 0 Å². The van der Waals surface area contributed by atoms with Crippen LogP contribution in [-0.2, 0) is 0 Å². The summed E-state index contributed by atoms with van der Waals surface area (Å²) < 4.78 is 0. The molecule has 10 heteroatoms. The number of benzene rings is 2. The Kier molecular flexibility index (Phi) is 4.55. The fourth-order valence-electron chi connectivity index (χ4n) is 2.28. The minimum Gasteiger partial charge on any atom is -0.493 e. The third kappa shape index (κ3) is 3.47. The number of rotatable bonds is 3. The van der Waals surface area contributed by atoms with E-state index in [1.54, 1.807) is 24.3 Å². The number of fused-ring (bicyclic) bond motifs is 1. The number of nitro groups is 1. The van der Waals surface area contributed by atoms with E-state index in [0.29, 0.717) is 22.2 Å². The van der Waals surface area contributed by atoms with Gasteiger partial charge in [0.25, 0.3) is 5.69 Å². The Hall–Kier alpha value is -3.84. The Bertz CT molecular complexity index is 1100. The average Bonchev–Trinajstić information content (AvgIpc) is 2.94. The summed E-state index contributed by atoms with van der Waals surface area (Å²) in [4.78, 5) is 13.0. The molecule has 3 rings (SSSR count). The number of nitrogens with one attached hydrogen (secondary N) is 2. The number of aromatic hydroxyl groups is 1. The zero-order chi connectivity index (χ0) is 18.7. The molecule has 0 bridgehead atoms. The van der Waals surface area contributed by atoms with E-state index in [-0.39, 0.29) is 22.4 Å². The van der Waals surface area contributed by atoms with E-state index in [9.17, 15) is 15.2 Å². The Morgan fingerprint density at radius 3 is 2.88 bits per heavy atom. The number of aromatic amines is 1. The lowest BCUT2D eigenvalue weighted by atomic mass is 10.2. The summed E-state index contributed by atoms with van der Waals surface area (Å²) >= 11 is 5.07. The van der Waals surface area contributed by atoms with Crippen molar-refractivity contribution >= 4 is 45.3 Å². The summed E-state index contributed by atoms with van der Waals surface area (Å²) in [5.74, 6) is -0.279. The van der Waals surface area contributed by atoms with Crippen molar-refractivity contribution in [2.45, 2.75) is 0 Å². The van der Waals surface area contributed by atoms with Crippen molar-refractivity contribution in [1.82, 2.24) is 4.98 Å². The lowest BCUT2D eigenvalue weighted by Gasteiger charge is -2.02. The second-order valence-electron chi connectivity index (χ2n) is 5.13. The first-order valence-corrected chi connectivity index (χ1v) is 7.60. The van der Waals surface area contributed by atoms with Crippen LogP contribution in [0.2, 0.25) is 0 Å². The predicted molar refractivity (Wildman–Crippen MR) is 98.5 cm³/mol. The average molecular weight is 366 g/mol. The number of H-pyrrole nitrogens is 1. The zero-order valence-electron chi connectivity index (χ0n) is 13.0. The molecule has 0 spiro atoms. The van der Waals surface area contributed by atoms with E-state index >= 15 is 0 Å². The van der Waals surface area contributed by atoms with Crippen LogP contribution in [0.15, 0.2) is 52.7 Å². The molecule has 0 atom stereocenters. The summed E-state index contributed by atoms with van der Waals surface area (Å²) in [6.45, 7) is 0. The molecule has 3 N–H and O–H groups in total. The van der Waals surface area contributed by atoms with Crippen LogP contribution in [0.5, 0.6) is 5.88 Å². The number of non-ortho nitro benzene ring substituents is 1. The van der Waals surface area contributed by atoms with E-state index in [4.69, 9.17) is 17.5 Å². The van der Waals surface area contributed by atoms with E-state index < -0.39 is 4.92 Å². The highest BCUT2D eigenvalue weighted by molar-refractivity contribution is 7.80. The molecule has 1 heterocycles. The zero-order valence-corrected chi connectivity index (χ0v) is 13.8. The summed E-state index contributed by atoms with van der Waals surface area (Å²) in [6, 6.07) is 12.7. The number of nitriles is 1. The topological polar surface area (TPSA) is 140 Å². The number of azo groups is 1. The molecule has 0 unspecified atom stereocenters. The van der Waals surface area contributed by atoms with Gasteiger partial charge in [-0.05, 0) is 36.5 Å². The summed E-state index contributed by atoms with van der Waals surface area (Å²) in [6.07, 6.45) is 0. The van der Waals surface area contributed by atoms with E-state index in [2.05, 4.69) is 20.5 Å². The SMILES string of the molecule is N#Cc1cccc(NC(=S)N=Nc2c(O)[nH]c3ccc([N+](=O)[O-])cc23)c1. The maximum Gasteiger partial charge on any atom is 0.270 e. The molecule has 0 radical (unpaired) electrons. The van der Waals surface area contributed by atoms with Crippen molar-refractivity contribution in [2.24, 2.45) is 10.2 Å². The van der Waals surface area contributed by atoms with Crippen LogP contribution < -0.4 is 5.32 Å². The first-order chi connectivity index (χ1) is 12.5. The highest BCUT2D eigenvalue weighted by Crippen LogP contribution is 2.37. The standard InChI is InChI=1S/C16H10N6O3S/c17-8-9-2-1-3-10(6-9)18-16(26)21-20-14-12-7-11(22(24)25)4-5-13(12)19-15(14)23/h1-7,19,23H,(H,18,26). The molecule has 0 fully saturated rings. The Balaban J connectivity index is 1.86. The number of hydrogen-bond donors (Lipinski definition) is 3. The van der Waals surface area contributed by atoms with Crippen LogP contribution in [0, 0.1) is 21.4 Å². The number of aromatic nitrogens is 1. The van der Waals surface area contributed by atoms with Crippen molar-refractivity contribution in [3.05, 3.63) is 58.1 Å². The predicted octanol–water partition coefficient (Wildman–Crippen LogP) is 4.13. The molecule has 26 heavy (non-hydrogen) atoms. The van der Waals surface area contributed by atoms with Gasteiger partial charge in [-0.3, -0.25) is 10.1 Å². The minimum absolute atomic E-state index is 0.000675. The van der Waals surface area contributed by atoms with Crippen molar-refractivity contribution in [3.63, 3.8) is 0 Å². The van der Waals surface area contributed by atoms with Crippen LogP contribution in [0.25, 0.3) is 10.9 Å². The summed E-state index contributed by atoms with van der Waals surface area (Å²) in [5, 5.41) is 40.6. The highest BCUT2D eigenvalue weighted by Gasteiger charge is 2.15. The van der Waals surface area contributed by atoms with Gasteiger partial charge >= 0.3 is 0 Å². The second-order valence-corrected chi connectivity index (χ2v) is 5.52. The van der Waals surface area contributed by atoms with Crippen molar-refractivity contribution in [2.75, 3.05) is 5.32 Å². The molecule has 0 aliphatic rings. The molecular weight excluding hydrogens is 356 g/mol. The van der Waals surface area contributed by atoms with Crippen LogP contribution >= 0.6 is 12.2 Å².